The quantitative estimate of drug-likeness (QED) is 0.800. The van der Waals surface area contributed by atoms with Crippen molar-refractivity contribution in [2.45, 2.75) is 26.1 Å². The summed E-state index contributed by atoms with van der Waals surface area (Å²) in [4.78, 5) is 2.52. The molecule has 0 radical (unpaired) electrons. The third-order valence-corrected chi connectivity index (χ3v) is 4.40. The van der Waals surface area contributed by atoms with E-state index in [0.717, 1.165) is 26.3 Å². The highest BCUT2D eigenvalue weighted by molar-refractivity contribution is 5.15. The fourth-order valence-electron chi connectivity index (χ4n) is 2.90. The first-order valence-corrected chi connectivity index (χ1v) is 7.72. The van der Waals surface area contributed by atoms with Crippen LogP contribution in [0.2, 0.25) is 0 Å². The van der Waals surface area contributed by atoms with E-state index in [1.165, 1.54) is 11.1 Å². The molecule has 1 heterocycles. The lowest BCUT2D eigenvalue weighted by molar-refractivity contribution is -0.0400. The van der Waals surface area contributed by atoms with Crippen molar-refractivity contribution in [3.05, 3.63) is 71.8 Å². The van der Waals surface area contributed by atoms with E-state index in [1.54, 1.807) is 0 Å². The minimum Gasteiger partial charge on any atom is -0.376 e. The molecular formula is C19H23NO. The summed E-state index contributed by atoms with van der Waals surface area (Å²) in [6, 6.07) is 21.7. The minimum atomic E-state index is 0.612. The number of hydrogen-bond donors (Lipinski definition) is 0. The van der Waals surface area contributed by atoms with E-state index < -0.39 is 0 Å². The molecule has 0 unspecified atom stereocenters. The summed E-state index contributed by atoms with van der Waals surface area (Å²) < 4.78 is 5.87. The van der Waals surface area contributed by atoms with Gasteiger partial charge in [-0.1, -0.05) is 60.7 Å². The maximum atomic E-state index is 5.87. The van der Waals surface area contributed by atoms with Gasteiger partial charge in [-0.25, -0.2) is 0 Å². The molecule has 0 aromatic heterocycles. The molecule has 0 bridgehead atoms. The third kappa shape index (κ3) is 3.72. The summed E-state index contributed by atoms with van der Waals surface area (Å²) in [6.07, 6.45) is 0. The Labute approximate surface area is 127 Å². The first-order valence-electron chi connectivity index (χ1n) is 7.72. The Hall–Kier alpha value is -1.64. The zero-order valence-corrected chi connectivity index (χ0v) is 12.6. The maximum absolute atomic E-state index is 5.87. The minimum absolute atomic E-state index is 0.612. The van der Waals surface area contributed by atoms with Crippen LogP contribution in [0.25, 0.3) is 0 Å². The van der Waals surface area contributed by atoms with Crippen LogP contribution in [0.1, 0.15) is 18.1 Å². The highest BCUT2D eigenvalue weighted by Gasteiger charge is 2.34. The molecule has 0 amide bonds. The average molecular weight is 281 g/mol. The summed E-state index contributed by atoms with van der Waals surface area (Å²) in [5.74, 6) is 0.664. The van der Waals surface area contributed by atoms with Crippen LogP contribution in [-0.2, 0) is 17.9 Å². The Morgan fingerprint density at radius 2 is 1.57 bits per heavy atom. The van der Waals surface area contributed by atoms with E-state index >= 15 is 0 Å². The fourth-order valence-corrected chi connectivity index (χ4v) is 2.90. The number of nitrogens with zero attached hydrogens (tertiary/aromatic N) is 1. The second kappa shape index (κ2) is 6.88. The zero-order valence-electron chi connectivity index (χ0n) is 12.6. The second-order valence-corrected chi connectivity index (χ2v) is 5.92. The van der Waals surface area contributed by atoms with E-state index in [0.29, 0.717) is 12.0 Å². The van der Waals surface area contributed by atoms with Gasteiger partial charge in [0.25, 0.3) is 0 Å². The van der Waals surface area contributed by atoms with Crippen molar-refractivity contribution in [1.29, 1.82) is 0 Å². The van der Waals surface area contributed by atoms with Crippen molar-refractivity contribution < 1.29 is 4.74 Å². The molecule has 2 nitrogen and oxygen atoms in total. The molecule has 1 aliphatic heterocycles. The molecule has 0 aliphatic carbocycles. The summed E-state index contributed by atoms with van der Waals surface area (Å²) >= 11 is 0. The van der Waals surface area contributed by atoms with Crippen LogP contribution in [0.15, 0.2) is 60.7 Å². The van der Waals surface area contributed by atoms with Gasteiger partial charge in [0.15, 0.2) is 0 Å². The molecule has 2 aromatic rings. The van der Waals surface area contributed by atoms with Gasteiger partial charge in [0.2, 0.25) is 0 Å². The molecule has 0 saturated carbocycles. The third-order valence-electron chi connectivity index (χ3n) is 4.40. The summed E-state index contributed by atoms with van der Waals surface area (Å²) in [5.41, 5.74) is 2.65. The van der Waals surface area contributed by atoms with Crippen molar-refractivity contribution in [1.82, 2.24) is 4.90 Å². The predicted octanol–water partition coefficient (Wildman–Crippen LogP) is 3.72. The molecule has 2 atom stereocenters. The first kappa shape index (κ1) is 14.3. The molecule has 2 heteroatoms. The van der Waals surface area contributed by atoms with Crippen LogP contribution in [0.3, 0.4) is 0 Å². The van der Waals surface area contributed by atoms with Crippen LogP contribution in [0, 0.1) is 5.92 Å². The van der Waals surface area contributed by atoms with Gasteiger partial charge in [-0.3, -0.25) is 4.90 Å². The Morgan fingerprint density at radius 3 is 2.19 bits per heavy atom. The van der Waals surface area contributed by atoms with Crippen molar-refractivity contribution in [3.8, 4) is 0 Å². The molecule has 110 valence electrons. The predicted molar refractivity (Wildman–Crippen MR) is 85.9 cm³/mol. The van der Waals surface area contributed by atoms with Crippen molar-refractivity contribution in [3.63, 3.8) is 0 Å². The fraction of sp³-hybridized carbons (Fsp3) is 0.368. The summed E-state index contributed by atoms with van der Waals surface area (Å²) in [5, 5.41) is 0. The van der Waals surface area contributed by atoms with Gasteiger partial charge in [0.1, 0.15) is 0 Å². The van der Waals surface area contributed by atoms with E-state index in [-0.39, 0.29) is 0 Å². The van der Waals surface area contributed by atoms with Crippen molar-refractivity contribution in [2.75, 3.05) is 13.2 Å². The average Bonchev–Trinajstić information content (AvgIpc) is 2.55. The van der Waals surface area contributed by atoms with Gasteiger partial charge in [0.05, 0.1) is 13.2 Å². The number of rotatable bonds is 6. The normalized spacial score (nSPS) is 22.0. The molecule has 3 rings (SSSR count). The van der Waals surface area contributed by atoms with Gasteiger partial charge in [-0.05, 0) is 18.1 Å². The summed E-state index contributed by atoms with van der Waals surface area (Å²) in [6.45, 7) is 6.09. The summed E-state index contributed by atoms with van der Waals surface area (Å²) in [7, 11) is 0. The standard InChI is InChI=1S/C19H23NO/c1-16-19(15-21-14-18-10-6-3-7-11-18)13-20(16)12-17-8-4-2-5-9-17/h2-11,16,19H,12-15H2,1H3/t16-,19-/m0/s1. The smallest absolute Gasteiger partial charge is 0.0717 e. The molecule has 2 aromatic carbocycles. The molecule has 1 aliphatic rings. The molecule has 21 heavy (non-hydrogen) atoms. The van der Waals surface area contributed by atoms with Crippen molar-refractivity contribution >= 4 is 0 Å². The van der Waals surface area contributed by atoms with Gasteiger partial charge in [-0.15, -0.1) is 0 Å². The molecule has 0 spiro atoms. The SMILES string of the molecule is C[C@H]1[C@H](COCc2ccccc2)CN1Cc1ccccc1. The van der Waals surface area contributed by atoms with Crippen LogP contribution >= 0.6 is 0 Å². The lowest BCUT2D eigenvalue weighted by atomic mass is 9.90. The topological polar surface area (TPSA) is 12.5 Å². The Balaban J connectivity index is 1.39. The van der Waals surface area contributed by atoms with Crippen molar-refractivity contribution in [2.24, 2.45) is 5.92 Å². The Kier molecular flexibility index (Phi) is 4.69. The lowest BCUT2D eigenvalue weighted by Crippen LogP contribution is -2.55. The number of hydrogen-bond acceptors (Lipinski definition) is 2. The van der Waals surface area contributed by atoms with Crippen LogP contribution < -0.4 is 0 Å². The highest BCUT2D eigenvalue weighted by atomic mass is 16.5. The molecule has 1 fully saturated rings. The molecular weight excluding hydrogens is 258 g/mol. The first-order chi connectivity index (χ1) is 10.3. The van der Waals surface area contributed by atoms with Gasteiger partial charge in [0, 0.05) is 25.0 Å². The Bertz CT molecular complexity index is 538. The van der Waals surface area contributed by atoms with E-state index in [9.17, 15) is 0 Å². The number of ether oxygens (including phenoxy) is 1. The number of likely N-dealkylation sites (tertiary alicyclic amines) is 1. The zero-order chi connectivity index (χ0) is 14.5. The van der Waals surface area contributed by atoms with E-state index in [1.807, 2.05) is 6.07 Å². The maximum Gasteiger partial charge on any atom is 0.0717 e. The monoisotopic (exact) mass is 281 g/mol. The molecule has 0 N–H and O–H groups in total. The highest BCUT2D eigenvalue weighted by Crippen LogP contribution is 2.27. The van der Waals surface area contributed by atoms with Gasteiger partial charge in [-0.2, -0.15) is 0 Å². The van der Waals surface area contributed by atoms with Crippen LogP contribution in [-0.4, -0.2) is 24.1 Å². The lowest BCUT2D eigenvalue weighted by Gasteiger charge is -2.46. The second-order valence-electron chi connectivity index (χ2n) is 5.92. The van der Waals surface area contributed by atoms with Crippen LogP contribution in [0.5, 0.6) is 0 Å². The number of benzene rings is 2. The van der Waals surface area contributed by atoms with E-state index in [2.05, 4.69) is 66.4 Å². The van der Waals surface area contributed by atoms with Gasteiger partial charge < -0.3 is 4.74 Å². The Morgan fingerprint density at radius 1 is 0.952 bits per heavy atom. The van der Waals surface area contributed by atoms with Crippen LogP contribution in [0.4, 0.5) is 0 Å². The van der Waals surface area contributed by atoms with Gasteiger partial charge >= 0.3 is 0 Å². The van der Waals surface area contributed by atoms with E-state index in [4.69, 9.17) is 4.74 Å². The largest absolute Gasteiger partial charge is 0.376 e. The molecule has 1 saturated heterocycles.